The van der Waals surface area contributed by atoms with Crippen molar-refractivity contribution in [2.45, 2.75) is 0 Å². The molecule has 0 heterocycles. The van der Waals surface area contributed by atoms with Crippen molar-refractivity contribution in [3.8, 4) is 6.07 Å². The fourth-order valence-corrected chi connectivity index (χ4v) is 0.291. The van der Waals surface area contributed by atoms with E-state index in [0.717, 1.165) is 0 Å². The van der Waals surface area contributed by atoms with Crippen LogP contribution in [0, 0.1) is 11.3 Å². The maximum absolute atomic E-state index is 8.00. The van der Waals surface area contributed by atoms with E-state index in [2.05, 4.69) is 4.74 Å². The number of nitriles is 1. The number of nitrogens with two attached hydrogens (primary N) is 1. The predicted octanol–water partition coefficient (Wildman–Crippen LogP) is -0.00102. The molecule has 44 valence electrons. The van der Waals surface area contributed by atoms with Gasteiger partial charge in [-0.2, -0.15) is 5.26 Å². The molecule has 0 aromatic carbocycles. The van der Waals surface area contributed by atoms with Crippen molar-refractivity contribution < 1.29 is 4.74 Å². The van der Waals surface area contributed by atoms with Crippen LogP contribution < -0.4 is 5.73 Å². The first-order valence-electron chi connectivity index (χ1n) is 2.14. The highest BCUT2D eigenvalue weighted by Crippen LogP contribution is 1.80. The highest BCUT2D eigenvalue weighted by Gasteiger charge is 1.82. The smallest absolute Gasteiger partial charge is 0.0931 e. The topological polar surface area (TPSA) is 59.0 Å². The van der Waals surface area contributed by atoms with Crippen molar-refractivity contribution in [2.75, 3.05) is 13.7 Å². The Balaban J connectivity index is 3.49. The molecule has 0 radical (unpaired) electrons. The maximum Gasteiger partial charge on any atom is 0.0931 e. The van der Waals surface area contributed by atoms with Crippen LogP contribution in [0.5, 0.6) is 0 Å². The highest BCUT2D eigenvalue weighted by atomic mass is 16.5. The minimum atomic E-state index is 0.327. The first kappa shape index (κ1) is 6.99. The molecular weight excluding hydrogens is 104 g/mol. The summed E-state index contributed by atoms with van der Waals surface area (Å²) in [5.74, 6) is 0. The second-order valence-electron chi connectivity index (χ2n) is 1.28. The van der Waals surface area contributed by atoms with Crippen LogP contribution in [0.25, 0.3) is 0 Å². The summed E-state index contributed by atoms with van der Waals surface area (Å²) in [6, 6.07) is 1.79. The third-order valence-corrected chi connectivity index (χ3v) is 0.561. The van der Waals surface area contributed by atoms with Gasteiger partial charge >= 0.3 is 0 Å². The minimum absolute atomic E-state index is 0.327. The molecule has 0 saturated carbocycles. The Kier molecular flexibility index (Phi) is 3.63. The van der Waals surface area contributed by atoms with E-state index in [1.807, 2.05) is 0 Å². The molecule has 0 aliphatic heterocycles. The number of methoxy groups -OCH3 is 1. The van der Waals surface area contributed by atoms with Gasteiger partial charge in [0.2, 0.25) is 0 Å². The van der Waals surface area contributed by atoms with Crippen molar-refractivity contribution in [1.82, 2.24) is 0 Å². The van der Waals surface area contributed by atoms with E-state index >= 15 is 0 Å². The summed E-state index contributed by atoms with van der Waals surface area (Å²) in [6.07, 6.45) is 1.25. The summed E-state index contributed by atoms with van der Waals surface area (Å²) < 4.78 is 4.61. The molecule has 0 aliphatic rings. The second-order valence-corrected chi connectivity index (χ2v) is 1.28. The zero-order chi connectivity index (χ0) is 6.41. The Hall–Kier alpha value is -1.01. The molecule has 0 aliphatic carbocycles. The largest absolute Gasteiger partial charge is 0.400 e. The van der Waals surface area contributed by atoms with Crippen molar-refractivity contribution >= 4 is 0 Å². The molecule has 0 fully saturated rings. The number of allylic oxidation sites excluding steroid dienone is 1. The number of hydrogen-bond acceptors (Lipinski definition) is 3. The van der Waals surface area contributed by atoms with Gasteiger partial charge in [-0.3, -0.25) is 0 Å². The lowest BCUT2D eigenvalue weighted by atomic mass is 10.4. The van der Waals surface area contributed by atoms with Crippen LogP contribution >= 0.6 is 0 Å². The molecule has 0 aromatic rings. The molecule has 0 atom stereocenters. The van der Waals surface area contributed by atoms with Crippen molar-refractivity contribution in [2.24, 2.45) is 5.73 Å². The molecule has 0 saturated heterocycles. The molecule has 8 heavy (non-hydrogen) atoms. The zero-order valence-corrected chi connectivity index (χ0v) is 4.72. The van der Waals surface area contributed by atoms with Crippen LogP contribution in [0.1, 0.15) is 0 Å². The summed E-state index contributed by atoms with van der Waals surface area (Å²) in [5.41, 5.74) is 5.66. The zero-order valence-electron chi connectivity index (χ0n) is 4.72. The van der Waals surface area contributed by atoms with Crippen LogP contribution in [0.4, 0.5) is 0 Å². The molecule has 0 aromatic heterocycles. The second kappa shape index (κ2) is 4.16. The van der Waals surface area contributed by atoms with Gasteiger partial charge in [0.25, 0.3) is 0 Å². The molecule has 0 bridgehead atoms. The molecule has 0 amide bonds. The molecule has 3 nitrogen and oxygen atoms in total. The number of nitrogens with zero attached hydrogens (tertiary/aromatic N) is 1. The lowest BCUT2D eigenvalue weighted by Crippen LogP contribution is -2.03. The number of hydrogen-bond donors (Lipinski definition) is 1. The standard InChI is InChI=1S/C5H8N2O/c1-8-4-5(7)2-3-6/h2H,4,7H2,1H3/b5-2-. The molecule has 2 N–H and O–H groups in total. The van der Waals surface area contributed by atoms with Crippen LogP contribution in [-0.2, 0) is 4.74 Å². The van der Waals surface area contributed by atoms with Gasteiger partial charge in [-0.1, -0.05) is 0 Å². The minimum Gasteiger partial charge on any atom is -0.400 e. The number of rotatable bonds is 2. The summed E-state index contributed by atoms with van der Waals surface area (Å²) >= 11 is 0. The monoisotopic (exact) mass is 112 g/mol. The van der Waals surface area contributed by atoms with E-state index in [1.54, 1.807) is 6.07 Å². The van der Waals surface area contributed by atoms with Gasteiger partial charge in [-0.25, -0.2) is 0 Å². The highest BCUT2D eigenvalue weighted by molar-refractivity contribution is 5.09. The van der Waals surface area contributed by atoms with E-state index in [4.69, 9.17) is 11.0 Å². The Morgan fingerprint density at radius 3 is 3.00 bits per heavy atom. The van der Waals surface area contributed by atoms with Crippen LogP contribution in [0.15, 0.2) is 11.8 Å². The molecular formula is C5H8N2O. The SMILES string of the molecule is COC/C(N)=C/C#N. The summed E-state index contributed by atoms with van der Waals surface area (Å²) in [6.45, 7) is 0.327. The van der Waals surface area contributed by atoms with E-state index in [0.29, 0.717) is 12.3 Å². The third-order valence-electron chi connectivity index (χ3n) is 0.561. The van der Waals surface area contributed by atoms with E-state index in [-0.39, 0.29) is 0 Å². The van der Waals surface area contributed by atoms with E-state index in [9.17, 15) is 0 Å². The van der Waals surface area contributed by atoms with Crippen LogP contribution in [-0.4, -0.2) is 13.7 Å². The van der Waals surface area contributed by atoms with Gasteiger partial charge in [0.15, 0.2) is 0 Å². The average molecular weight is 112 g/mol. The molecule has 0 spiro atoms. The fourth-order valence-electron chi connectivity index (χ4n) is 0.291. The predicted molar refractivity (Wildman–Crippen MR) is 29.8 cm³/mol. The third kappa shape index (κ3) is 3.19. The summed E-state index contributed by atoms with van der Waals surface area (Å²) in [4.78, 5) is 0. The van der Waals surface area contributed by atoms with Crippen molar-refractivity contribution in [3.05, 3.63) is 11.8 Å². The van der Waals surface area contributed by atoms with Gasteiger partial charge < -0.3 is 10.5 Å². The van der Waals surface area contributed by atoms with Gasteiger partial charge in [0.05, 0.1) is 12.7 Å². The Bertz CT molecular complexity index is 123. The fraction of sp³-hybridized carbons (Fsp3) is 0.400. The maximum atomic E-state index is 8.00. The lowest BCUT2D eigenvalue weighted by Gasteiger charge is -1.92. The van der Waals surface area contributed by atoms with Crippen molar-refractivity contribution in [1.29, 1.82) is 5.26 Å². The Morgan fingerprint density at radius 2 is 2.62 bits per heavy atom. The first-order valence-corrected chi connectivity index (χ1v) is 2.14. The Labute approximate surface area is 48.4 Å². The van der Waals surface area contributed by atoms with E-state index < -0.39 is 0 Å². The van der Waals surface area contributed by atoms with E-state index in [1.165, 1.54) is 13.2 Å². The van der Waals surface area contributed by atoms with Gasteiger partial charge in [-0.05, 0) is 0 Å². The molecule has 0 unspecified atom stereocenters. The lowest BCUT2D eigenvalue weighted by molar-refractivity contribution is 0.225. The first-order chi connectivity index (χ1) is 3.81. The van der Waals surface area contributed by atoms with Gasteiger partial charge in [-0.15, -0.1) is 0 Å². The number of ether oxygens (including phenoxy) is 1. The van der Waals surface area contributed by atoms with Gasteiger partial charge in [0.1, 0.15) is 0 Å². The normalized spacial score (nSPS) is 10.8. The molecule has 0 rings (SSSR count). The quantitative estimate of drug-likeness (QED) is 0.511. The average Bonchev–Trinajstić information content (AvgIpc) is 1.68. The molecule has 3 heteroatoms. The Morgan fingerprint density at radius 1 is 2.00 bits per heavy atom. The van der Waals surface area contributed by atoms with Crippen LogP contribution in [0.2, 0.25) is 0 Å². The van der Waals surface area contributed by atoms with Gasteiger partial charge in [0, 0.05) is 18.9 Å². The van der Waals surface area contributed by atoms with Crippen LogP contribution in [0.3, 0.4) is 0 Å². The van der Waals surface area contributed by atoms with Crippen molar-refractivity contribution in [3.63, 3.8) is 0 Å². The summed E-state index contributed by atoms with van der Waals surface area (Å²) in [5, 5.41) is 8.00. The summed E-state index contributed by atoms with van der Waals surface area (Å²) in [7, 11) is 1.53.